The Balaban J connectivity index is 1.95. The third-order valence-corrected chi connectivity index (χ3v) is 2.63. The van der Waals surface area contributed by atoms with Crippen LogP contribution in [0.5, 0.6) is 0 Å². The van der Waals surface area contributed by atoms with E-state index in [1.165, 1.54) is 18.9 Å². The second-order valence-corrected chi connectivity index (χ2v) is 4.21. The molecule has 1 nitrogen and oxygen atoms in total. The van der Waals surface area contributed by atoms with Crippen LogP contribution in [0.2, 0.25) is 0 Å². The van der Waals surface area contributed by atoms with Crippen molar-refractivity contribution in [1.82, 2.24) is 5.32 Å². The minimum absolute atomic E-state index is 0.581. The van der Waals surface area contributed by atoms with Crippen LogP contribution >= 0.6 is 0 Å². The van der Waals surface area contributed by atoms with Gasteiger partial charge in [0.05, 0.1) is 5.56 Å². The third kappa shape index (κ3) is 3.89. The zero-order chi connectivity index (χ0) is 12.3. The standard InChI is InChI=1S/C13H14F3N/c14-13(15,16)11-5-1-3-10(9-11)4-2-8-17-12-6-7-12/h1-5,9,12,17H,6-8H2. The van der Waals surface area contributed by atoms with Crippen molar-refractivity contribution in [1.29, 1.82) is 0 Å². The fourth-order valence-corrected chi connectivity index (χ4v) is 1.54. The first-order chi connectivity index (χ1) is 8.05. The van der Waals surface area contributed by atoms with Crippen LogP contribution < -0.4 is 5.32 Å². The van der Waals surface area contributed by atoms with Gasteiger partial charge < -0.3 is 5.32 Å². The summed E-state index contributed by atoms with van der Waals surface area (Å²) in [5.74, 6) is 0. The predicted octanol–water partition coefficient (Wildman–Crippen LogP) is 3.47. The molecule has 0 aliphatic heterocycles. The number of hydrogen-bond acceptors (Lipinski definition) is 1. The molecule has 2 rings (SSSR count). The van der Waals surface area contributed by atoms with Crippen molar-refractivity contribution < 1.29 is 13.2 Å². The van der Waals surface area contributed by atoms with Crippen molar-refractivity contribution in [3.63, 3.8) is 0 Å². The molecule has 1 saturated carbocycles. The van der Waals surface area contributed by atoms with E-state index in [1.54, 1.807) is 12.1 Å². The van der Waals surface area contributed by atoms with Crippen molar-refractivity contribution in [2.75, 3.05) is 6.54 Å². The molecule has 17 heavy (non-hydrogen) atoms. The van der Waals surface area contributed by atoms with Gasteiger partial charge in [0.2, 0.25) is 0 Å². The highest BCUT2D eigenvalue weighted by Gasteiger charge is 2.30. The molecule has 0 radical (unpaired) electrons. The minimum atomic E-state index is -4.27. The largest absolute Gasteiger partial charge is 0.416 e. The summed E-state index contributed by atoms with van der Waals surface area (Å²) in [6.07, 6.45) is 1.71. The summed E-state index contributed by atoms with van der Waals surface area (Å²) >= 11 is 0. The van der Waals surface area contributed by atoms with Crippen molar-refractivity contribution in [2.45, 2.75) is 25.1 Å². The van der Waals surface area contributed by atoms with E-state index in [1.807, 2.05) is 6.08 Å². The second kappa shape index (κ2) is 4.92. The van der Waals surface area contributed by atoms with Crippen LogP contribution in [0.3, 0.4) is 0 Å². The van der Waals surface area contributed by atoms with Gasteiger partial charge in [-0.05, 0) is 30.5 Å². The van der Waals surface area contributed by atoms with Gasteiger partial charge in [0, 0.05) is 12.6 Å². The van der Waals surface area contributed by atoms with Crippen LogP contribution in [0.4, 0.5) is 13.2 Å². The fourth-order valence-electron chi connectivity index (χ4n) is 1.54. The molecule has 0 heterocycles. The van der Waals surface area contributed by atoms with E-state index in [0.29, 0.717) is 18.2 Å². The number of halogens is 3. The average molecular weight is 241 g/mol. The van der Waals surface area contributed by atoms with Gasteiger partial charge >= 0.3 is 6.18 Å². The highest BCUT2D eigenvalue weighted by molar-refractivity contribution is 5.50. The molecule has 0 unspecified atom stereocenters. The SMILES string of the molecule is FC(F)(F)c1cccc(C=CCNC2CC2)c1. The Morgan fingerprint density at radius 3 is 2.71 bits per heavy atom. The van der Waals surface area contributed by atoms with E-state index in [0.717, 1.165) is 12.1 Å². The molecule has 1 fully saturated rings. The molecule has 0 bridgehead atoms. The summed E-state index contributed by atoms with van der Waals surface area (Å²) in [5, 5.41) is 3.26. The zero-order valence-corrected chi connectivity index (χ0v) is 9.30. The van der Waals surface area contributed by atoms with Gasteiger partial charge in [-0.25, -0.2) is 0 Å². The van der Waals surface area contributed by atoms with Crippen LogP contribution in [0, 0.1) is 0 Å². The second-order valence-electron chi connectivity index (χ2n) is 4.21. The molecule has 0 saturated heterocycles. The van der Waals surface area contributed by atoms with E-state index < -0.39 is 11.7 Å². The summed E-state index contributed by atoms with van der Waals surface area (Å²) in [4.78, 5) is 0. The van der Waals surface area contributed by atoms with Gasteiger partial charge in [-0.2, -0.15) is 13.2 Å². The maximum absolute atomic E-state index is 12.4. The van der Waals surface area contributed by atoms with Gasteiger partial charge in [-0.15, -0.1) is 0 Å². The Kier molecular flexibility index (Phi) is 3.52. The Morgan fingerprint density at radius 2 is 2.06 bits per heavy atom. The highest BCUT2D eigenvalue weighted by Crippen LogP contribution is 2.29. The molecule has 0 spiro atoms. The zero-order valence-electron chi connectivity index (χ0n) is 9.30. The molecular weight excluding hydrogens is 227 g/mol. The van der Waals surface area contributed by atoms with E-state index in [2.05, 4.69) is 5.32 Å². The van der Waals surface area contributed by atoms with Crippen molar-refractivity contribution >= 4 is 6.08 Å². The molecule has 92 valence electrons. The van der Waals surface area contributed by atoms with E-state index in [-0.39, 0.29) is 0 Å². The van der Waals surface area contributed by atoms with Gasteiger partial charge in [-0.1, -0.05) is 24.3 Å². The van der Waals surface area contributed by atoms with E-state index >= 15 is 0 Å². The molecule has 0 amide bonds. The molecule has 1 aromatic carbocycles. The molecule has 0 aromatic heterocycles. The first kappa shape index (κ1) is 12.2. The predicted molar refractivity (Wildman–Crippen MR) is 61.5 cm³/mol. The normalized spacial score (nSPS) is 16.6. The Morgan fingerprint density at radius 1 is 1.29 bits per heavy atom. The first-order valence-corrected chi connectivity index (χ1v) is 5.63. The van der Waals surface area contributed by atoms with Crippen molar-refractivity contribution in [3.05, 3.63) is 41.5 Å². The molecule has 1 aliphatic rings. The van der Waals surface area contributed by atoms with E-state index in [4.69, 9.17) is 0 Å². The summed E-state index contributed by atoms with van der Waals surface area (Å²) in [7, 11) is 0. The molecule has 1 N–H and O–H groups in total. The topological polar surface area (TPSA) is 12.0 Å². The van der Waals surface area contributed by atoms with Crippen LogP contribution in [-0.2, 0) is 6.18 Å². The smallest absolute Gasteiger partial charge is 0.311 e. The maximum Gasteiger partial charge on any atom is 0.416 e. The summed E-state index contributed by atoms with van der Waals surface area (Å²) in [6, 6.07) is 5.95. The lowest BCUT2D eigenvalue weighted by Gasteiger charge is -2.06. The molecule has 1 aromatic rings. The van der Waals surface area contributed by atoms with Crippen LogP contribution in [0.25, 0.3) is 6.08 Å². The average Bonchev–Trinajstić information content (AvgIpc) is 3.08. The van der Waals surface area contributed by atoms with Crippen LogP contribution in [0.15, 0.2) is 30.3 Å². The summed E-state index contributed by atoms with van der Waals surface area (Å²) in [5.41, 5.74) is -0.0211. The maximum atomic E-state index is 12.4. The van der Waals surface area contributed by atoms with Crippen LogP contribution in [0.1, 0.15) is 24.0 Å². The van der Waals surface area contributed by atoms with E-state index in [9.17, 15) is 13.2 Å². The minimum Gasteiger partial charge on any atom is -0.311 e. The number of nitrogens with one attached hydrogen (secondary N) is 1. The molecule has 0 atom stereocenters. The van der Waals surface area contributed by atoms with Gasteiger partial charge in [0.1, 0.15) is 0 Å². The lowest BCUT2D eigenvalue weighted by atomic mass is 10.1. The first-order valence-electron chi connectivity index (χ1n) is 5.63. The Labute approximate surface area is 98.3 Å². The molecule has 4 heteroatoms. The Bertz CT molecular complexity index is 405. The van der Waals surface area contributed by atoms with Gasteiger partial charge in [0.25, 0.3) is 0 Å². The van der Waals surface area contributed by atoms with Crippen molar-refractivity contribution in [3.8, 4) is 0 Å². The van der Waals surface area contributed by atoms with Crippen molar-refractivity contribution in [2.24, 2.45) is 0 Å². The number of alkyl halides is 3. The number of benzene rings is 1. The van der Waals surface area contributed by atoms with Gasteiger partial charge in [-0.3, -0.25) is 0 Å². The summed E-state index contributed by atoms with van der Waals surface area (Å²) < 4.78 is 37.3. The monoisotopic (exact) mass is 241 g/mol. The molecule has 1 aliphatic carbocycles. The number of hydrogen-bond donors (Lipinski definition) is 1. The summed E-state index contributed by atoms with van der Waals surface area (Å²) in [6.45, 7) is 0.709. The highest BCUT2D eigenvalue weighted by atomic mass is 19.4. The quantitative estimate of drug-likeness (QED) is 0.851. The molecular formula is C13H14F3N. The lowest BCUT2D eigenvalue weighted by molar-refractivity contribution is -0.137. The lowest BCUT2D eigenvalue weighted by Crippen LogP contribution is -2.15. The fraction of sp³-hybridized carbons (Fsp3) is 0.385. The van der Waals surface area contributed by atoms with Crippen LogP contribution in [-0.4, -0.2) is 12.6 Å². The third-order valence-electron chi connectivity index (χ3n) is 2.63. The Hall–Kier alpha value is -1.29. The van der Waals surface area contributed by atoms with Gasteiger partial charge in [0.15, 0.2) is 0 Å². The number of rotatable bonds is 4.